The fourth-order valence-corrected chi connectivity index (χ4v) is 4.71. The lowest BCUT2D eigenvalue weighted by molar-refractivity contribution is 1.07. The Morgan fingerprint density at radius 1 is 0.605 bits per heavy atom. The van der Waals surface area contributed by atoms with Gasteiger partial charge in [-0.05, 0) is 25.1 Å². The third-order valence-electron chi connectivity index (χ3n) is 6.51. The van der Waals surface area contributed by atoms with Crippen LogP contribution in [0, 0.1) is 0 Å². The molecule has 0 amide bonds. The van der Waals surface area contributed by atoms with E-state index in [1.165, 1.54) is 5.39 Å². The highest BCUT2D eigenvalue weighted by molar-refractivity contribution is 6.11. The molecule has 0 radical (unpaired) electrons. The molecular weight excluding hydrogens is 464 g/mol. The summed E-state index contributed by atoms with van der Waals surface area (Å²) in [6.07, 6.45) is 8.05. The van der Waals surface area contributed by atoms with E-state index in [1.807, 2.05) is 91.9 Å². The molecule has 6 rings (SSSR count). The number of nitrogens with zero attached hydrogens (tertiary/aromatic N) is 4. The van der Waals surface area contributed by atoms with Crippen LogP contribution in [0.3, 0.4) is 0 Å². The van der Waals surface area contributed by atoms with Crippen molar-refractivity contribution in [3.8, 4) is 34.2 Å². The van der Waals surface area contributed by atoms with Crippen LogP contribution in [0.15, 0.2) is 134 Å². The predicted octanol–water partition coefficient (Wildman–Crippen LogP) is 8.58. The maximum Gasteiger partial charge on any atom is 0.164 e. The number of benzene rings is 4. The van der Waals surface area contributed by atoms with E-state index in [2.05, 4.69) is 53.6 Å². The zero-order valence-corrected chi connectivity index (χ0v) is 21.1. The third-order valence-corrected chi connectivity index (χ3v) is 6.51. The van der Waals surface area contributed by atoms with Crippen molar-refractivity contribution in [1.29, 1.82) is 0 Å². The van der Waals surface area contributed by atoms with Crippen molar-refractivity contribution in [1.82, 2.24) is 19.5 Å². The highest BCUT2D eigenvalue weighted by Gasteiger charge is 2.16. The first-order valence-electron chi connectivity index (χ1n) is 12.6. The van der Waals surface area contributed by atoms with Gasteiger partial charge in [-0.1, -0.05) is 116 Å². The molecule has 0 spiro atoms. The molecule has 2 aromatic heterocycles. The number of rotatable bonds is 6. The Hall–Kier alpha value is -5.09. The van der Waals surface area contributed by atoms with Crippen LogP contribution in [0.2, 0.25) is 0 Å². The number of hydrogen-bond donors (Lipinski definition) is 0. The van der Waals surface area contributed by atoms with Crippen LogP contribution < -0.4 is 0 Å². The minimum atomic E-state index is 0.631. The molecule has 0 aliphatic heterocycles. The molecule has 6 aromatic rings. The SMILES string of the molecule is C=C(/C=C\C=C/C)n1c2ccccc2c2ccc(-c3nc(-c4ccccc4)nc(-c4ccccc4)n3)cc21. The Labute approximate surface area is 222 Å². The van der Waals surface area contributed by atoms with Crippen molar-refractivity contribution >= 4 is 27.5 Å². The summed E-state index contributed by atoms with van der Waals surface area (Å²) in [5.74, 6) is 1.93. The summed E-state index contributed by atoms with van der Waals surface area (Å²) in [6.45, 7) is 6.38. The molecule has 0 N–H and O–H groups in total. The third kappa shape index (κ3) is 4.33. The van der Waals surface area contributed by atoms with E-state index >= 15 is 0 Å². The summed E-state index contributed by atoms with van der Waals surface area (Å²) in [4.78, 5) is 14.7. The van der Waals surface area contributed by atoms with Gasteiger partial charge in [0.05, 0.1) is 11.0 Å². The second-order valence-corrected chi connectivity index (χ2v) is 9.00. The number of para-hydroxylation sites is 1. The summed E-state index contributed by atoms with van der Waals surface area (Å²) < 4.78 is 2.20. The van der Waals surface area contributed by atoms with Crippen LogP contribution in [0.25, 0.3) is 61.7 Å². The van der Waals surface area contributed by atoms with Gasteiger partial charge in [-0.15, -0.1) is 0 Å². The first-order chi connectivity index (χ1) is 18.7. The lowest BCUT2D eigenvalue weighted by Crippen LogP contribution is -2.00. The van der Waals surface area contributed by atoms with Crippen LogP contribution in [0.1, 0.15) is 6.92 Å². The second-order valence-electron chi connectivity index (χ2n) is 9.00. The smallest absolute Gasteiger partial charge is 0.164 e. The second kappa shape index (κ2) is 10.1. The van der Waals surface area contributed by atoms with E-state index in [9.17, 15) is 0 Å². The summed E-state index contributed by atoms with van der Waals surface area (Å²) in [7, 11) is 0. The van der Waals surface area contributed by atoms with Crippen LogP contribution in [-0.4, -0.2) is 19.5 Å². The van der Waals surface area contributed by atoms with Crippen LogP contribution >= 0.6 is 0 Å². The van der Waals surface area contributed by atoms with Crippen molar-refractivity contribution in [2.45, 2.75) is 6.92 Å². The van der Waals surface area contributed by atoms with E-state index in [4.69, 9.17) is 15.0 Å². The average Bonchev–Trinajstić information content (AvgIpc) is 3.32. The van der Waals surface area contributed by atoms with Gasteiger partial charge in [-0.25, -0.2) is 15.0 Å². The molecule has 2 heterocycles. The zero-order chi connectivity index (χ0) is 25.9. The monoisotopic (exact) mass is 490 g/mol. The maximum absolute atomic E-state index is 4.92. The van der Waals surface area contributed by atoms with Crippen LogP contribution in [0.4, 0.5) is 0 Å². The maximum atomic E-state index is 4.92. The van der Waals surface area contributed by atoms with E-state index < -0.39 is 0 Å². The van der Waals surface area contributed by atoms with Gasteiger partial charge in [0.25, 0.3) is 0 Å². The largest absolute Gasteiger partial charge is 0.310 e. The Kier molecular flexibility index (Phi) is 6.20. The summed E-state index contributed by atoms with van der Waals surface area (Å²) >= 11 is 0. The lowest BCUT2D eigenvalue weighted by atomic mass is 10.1. The van der Waals surface area contributed by atoms with Crippen LogP contribution in [-0.2, 0) is 0 Å². The minimum absolute atomic E-state index is 0.631. The average molecular weight is 491 g/mol. The zero-order valence-electron chi connectivity index (χ0n) is 21.1. The molecule has 0 fully saturated rings. The lowest BCUT2D eigenvalue weighted by Gasteiger charge is -2.10. The number of fused-ring (bicyclic) bond motifs is 3. The van der Waals surface area contributed by atoms with Crippen molar-refractivity contribution < 1.29 is 0 Å². The number of allylic oxidation sites excluding steroid dienone is 5. The molecule has 0 unspecified atom stereocenters. The molecule has 4 aromatic carbocycles. The quantitative estimate of drug-likeness (QED) is 0.220. The van der Waals surface area contributed by atoms with E-state index in [1.54, 1.807) is 0 Å². The molecule has 0 bridgehead atoms. The van der Waals surface area contributed by atoms with Gasteiger partial charge in [-0.2, -0.15) is 0 Å². The van der Waals surface area contributed by atoms with E-state index in [0.29, 0.717) is 17.5 Å². The van der Waals surface area contributed by atoms with Crippen molar-refractivity contribution in [3.63, 3.8) is 0 Å². The van der Waals surface area contributed by atoms with Gasteiger partial charge in [0, 0.05) is 33.2 Å². The standard InChI is InChI=1S/C34H26N4/c1-3-4-7-14-24(2)38-30-20-13-12-19-28(30)29-22-21-27(23-31(29)38)34-36-32(25-15-8-5-9-16-25)35-33(37-34)26-17-10-6-11-18-26/h3-23H,2H2,1H3/b4-3-,14-7-. The Morgan fingerprint density at radius 3 is 1.79 bits per heavy atom. The fraction of sp³-hybridized carbons (Fsp3) is 0.0294. The predicted molar refractivity (Wildman–Crippen MR) is 158 cm³/mol. The van der Waals surface area contributed by atoms with Gasteiger partial charge < -0.3 is 4.57 Å². The highest BCUT2D eigenvalue weighted by atomic mass is 15.0. The number of aromatic nitrogens is 4. The Morgan fingerprint density at radius 2 is 1.16 bits per heavy atom. The van der Waals surface area contributed by atoms with E-state index in [-0.39, 0.29) is 0 Å². The Bertz CT molecular complexity index is 1770. The van der Waals surface area contributed by atoms with E-state index in [0.717, 1.165) is 38.8 Å². The first kappa shape index (κ1) is 23.3. The number of hydrogen-bond acceptors (Lipinski definition) is 3. The summed E-state index contributed by atoms with van der Waals surface area (Å²) in [6, 6.07) is 34.9. The first-order valence-corrected chi connectivity index (χ1v) is 12.6. The molecule has 4 nitrogen and oxygen atoms in total. The summed E-state index contributed by atoms with van der Waals surface area (Å²) in [5, 5.41) is 2.34. The van der Waals surface area contributed by atoms with Crippen LogP contribution in [0.5, 0.6) is 0 Å². The highest BCUT2D eigenvalue weighted by Crippen LogP contribution is 2.34. The molecule has 0 saturated carbocycles. The topological polar surface area (TPSA) is 43.6 Å². The summed E-state index contributed by atoms with van der Waals surface area (Å²) in [5.41, 5.74) is 5.87. The van der Waals surface area contributed by atoms with Gasteiger partial charge in [0.1, 0.15) is 0 Å². The molecule has 0 saturated heterocycles. The molecule has 0 aliphatic rings. The molecule has 182 valence electrons. The molecule has 38 heavy (non-hydrogen) atoms. The van der Waals surface area contributed by atoms with Gasteiger partial charge in [0.2, 0.25) is 0 Å². The van der Waals surface area contributed by atoms with Crippen molar-refractivity contribution in [2.24, 2.45) is 0 Å². The normalized spacial score (nSPS) is 11.7. The van der Waals surface area contributed by atoms with Crippen molar-refractivity contribution in [2.75, 3.05) is 0 Å². The van der Waals surface area contributed by atoms with Crippen molar-refractivity contribution in [3.05, 3.63) is 134 Å². The van der Waals surface area contributed by atoms with Gasteiger partial charge in [0.15, 0.2) is 17.5 Å². The van der Waals surface area contributed by atoms with Gasteiger partial charge >= 0.3 is 0 Å². The minimum Gasteiger partial charge on any atom is -0.310 e. The fourth-order valence-electron chi connectivity index (χ4n) is 4.71. The molecule has 0 aliphatic carbocycles. The Balaban J connectivity index is 1.57. The molecule has 0 atom stereocenters. The molecular formula is C34H26N4. The molecule has 4 heteroatoms. The van der Waals surface area contributed by atoms with Gasteiger partial charge in [-0.3, -0.25) is 0 Å².